The van der Waals surface area contributed by atoms with Gasteiger partial charge in [0, 0.05) is 19.1 Å². The number of nitrogens with one attached hydrogen (secondary N) is 2. The largest absolute Gasteiger partial charge is 0.480 e. The van der Waals surface area contributed by atoms with Crippen LogP contribution in [0.5, 0.6) is 0 Å². The van der Waals surface area contributed by atoms with Crippen molar-refractivity contribution in [3.63, 3.8) is 0 Å². The Morgan fingerprint density at radius 1 is 1.29 bits per heavy atom. The van der Waals surface area contributed by atoms with Gasteiger partial charge in [0.2, 0.25) is 0 Å². The van der Waals surface area contributed by atoms with Crippen LogP contribution in [0.1, 0.15) is 18.5 Å². The van der Waals surface area contributed by atoms with Gasteiger partial charge in [0.1, 0.15) is 11.5 Å². The number of likely N-dealkylation sites (tertiary alicyclic amines) is 1. The SMILES string of the molecule is O=C(O)CN1CCC(NC(=O)Nc2cccc(C(F)(F)F)n2)CC1. The maximum atomic E-state index is 12.6. The predicted molar refractivity (Wildman–Crippen MR) is 78.5 cm³/mol. The lowest BCUT2D eigenvalue weighted by Crippen LogP contribution is -2.47. The summed E-state index contributed by atoms with van der Waals surface area (Å²) in [4.78, 5) is 27.6. The molecule has 3 N–H and O–H groups in total. The summed E-state index contributed by atoms with van der Waals surface area (Å²) in [5, 5.41) is 13.6. The lowest BCUT2D eigenvalue weighted by molar-refractivity contribution is -0.141. The molecule has 1 saturated heterocycles. The molecular formula is C14H17F3N4O3. The van der Waals surface area contributed by atoms with Gasteiger partial charge in [0.25, 0.3) is 0 Å². The number of pyridine rings is 1. The minimum atomic E-state index is -4.58. The monoisotopic (exact) mass is 346 g/mol. The lowest BCUT2D eigenvalue weighted by Gasteiger charge is -2.31. The number of nitrogens with zero attached hydrogens (tertiary/aromatic N) is 2. The highest BCUT2D eigenvalue weighted by Crippen LogP contribution is 2.28. The van der Waals surface area contributed by atoms with Crippen LogP contribution in [-0.2, 0) is 11.0 Å². The first-order valence-electron chi connectivity index (χ1n) is 7.30. The molecule has 1 aromatic rings. The van der Waals surface area contributed by atoms with Crippen LogP contribution in [0, 0.1) is 0 Å². The number of rotatable bonds is 4. The number of carbonyl (C=O) groups is 2. The molecule has 0 spiro atoms. The minimum Gasteiger partial charge on any atom is -0.480 e. The molecule has 10 heteroatoms. The number of halogens is 3. The average Bonchev–Trinajstić information content (AvgIpc) is 2.48. The first kappa shape index (κ1) is 18.0. The molecule has 0 aliphatic carbocycles. The van der Waals surface area contributed by atoms with Crippen LogP contribution in [-0.4, -0.2) is 52.7 Å². The van der Waals surface area contributed by atoms with E-state index in [1.54, 1.807) is 4.90 Å². The number of hydrogen-bond acceptors (Lipinski definition) is 4. The maximum absolute atomic E-state index is 12.6. The molecule has 7 nitrogen and oxygen atoms in total. The molecule has 1 fully saturated rings. The number of hydrogen-bond donors (Lipinski definition) is 3. The van der Waals surface area contributed by atoms with Crippen molar-refractivity contribution in [2.45, 2.75) is 25.1 Å². The number of anilines is 1. The van der Waals surface area contributed by atoms with E-state index in [0.717, 1.165) is 12.1 Å². The highest BCUT2D eigenvalue weighted by atomic mass is 19.4. The van der Waals surface area contributed by atoms with Crippen LogP contribution >= 0.6 is 0 Å². The second kappa shape index (κ2) is 7.47. The van der Waals surface area contributed by atoms with E-state index in [1.165, 1.54) is 6.07 Å². The molecule has 0 unspecified atom stereocenters. The van der Waals surface area contributed by atoms with Crippen molar-refractivity contribution < 1.29 is 27.9 Å². The van der Waals surface area contributed by atoms with E-state index < -0.39 is 23.9 Å². The number of carbonyl (C=O) groups excluding carboxylic acids is 1. The second-order valence-corrected chi connectivity index (χ2v) is 5.45. The Morgan fingerprint density at radius 3 is 2.54 bits per heavy atom. The van der Waals surface area contributed by atoms with Crippen LogP contribution in [0.25, 0.3) is 0 Å². The molecule has 132 valence electrons. The Labute approximate surface area is 135 Å². The predicted octanol–water partition coefficient (Wildman–Crippen LogP) is 1.77. The summed E-state index contributed by atoms with van der Waals surface area (Å²) in [6.45, 7) is 1.01. The smallest absolute Gasteiger partial charge is 0.433 e. The highest BCUT2D eigenvalue weighted by molar-refractivity contribution is 5.88. The number of urea groups is 1. The summed E-state index contributed by atoms with van der Waals surface area (Å²) in [5.74, 6) is -1.10. The number of alkyl halides is 3. The van der Waals surface area contributed by atoms with E-state index in [2.05, 4.69) is 15.6 Å². The van der Waals surface area contributed by atoms with Gasteiger partial charge in [0.15, 0.2) is 0 Å². The van der Waals surface area contributed by atoms with Crippen molar-refractivity contribution in [1.29, 1.82) is 0 Å². The lowest BCUT2D eigenvalue weighted by atomic mass is 10.1. The van der Waals surface area contributed by atoms with E-state index >= 15 is 0 Å². The third-order valence-corrected chi connectivity index (χ3v) is 3.56. The number of carboxylic acid groups (broad SMARTS) is 1. The summed E-state index contributed by atoms with van der Waals surface area (Å²) < 4.78 is 37.7. The van der Waals surface area contributed by atoms with Crippen molar-refractivity contribution in [3.05, 3.63) is 23.9 Å². The van der Waals surface area contributed by atoms with Crippen molar-refractivity contribution in [1.82, 2.24) is 15.2 Å². The van der Waals surface area contributed by atoms with Gasteiger partial charge < -0.3 is 10.4 Å². The standard InChI is InChI=1S/C14H17F3N4O3/c15-14(16,17)10-2-1-3-11(19-10)20-13(24)18-9-4-6-21(7-5-9)8-12(22)23/h1-3,9H,4-8H2,(H,22,23)(H2,18,19,20,24). The first-order chi connectivity index (χ1) is 11.2. The van der Waals surface area contributed by atoms with E-state index in [1.807, 2.05) is 0 Å². The van der Waals surface area contributed by atoms with Crippen LogP contribution in [0.2, 0.25) is 0 Å². The van der Waals surface area contributed by atoms with E-state index in [-0.39, 0.29) is 18.4 Å². The molecule has 2 heterocycles. The summed E-state index contributed by atoms with van der Waals surface area (Å²) in [5.41, 5.74) is -1.08. The molecule has 0 saturated carbocycles. The summed E-state index contributed by atoms with van der Waals surface area (Å²) in [6, 6.07) is 2.45. The third-order valence-electron chi connectivity index (χ3n) is 3.56. The van der Waals surface area contributed by atoms with Crippen LogP contribution < -0.4 is 10.6 Å². The third kappa shape index (κ3) is 5.37. The first-order valence-corrected chi connectivity index (χ1v) is 7.30. The summed E-state index contributed by atoms with van der Waals surface area (Å²) >= 11 is 0. The van der Waals surface area contributed by atoms with Gasteiger partial charge in [-0.3, -0.25) is 15.0 Å². The number of amides is 2. The van der Waals surface area contributed by atoms with Crippen molar-refractivity contribution in [2.75, 3.05) is 25.0 Å². The zero-order valence-electron chi connectivity index (χ0n) is 12.6. The van der Waals surface area contributed by atoms with Gasteiger partial charge in [-0.1, -0.05) is 6.07 Å². The van der Waals surface area contributed by atoms with Crippen LogP contribution in [0.4, 0.5) is 23.8 Å². The Morgan fingerprint density at radius 2 is 1.96 bits per heavy atom. The fraction of sp³-hybridized carbons (Fsp3) is 0.500. The number of aromatic nitrogens is 1. The molecule has 0 atom stereocenters. The molecule has 1 aliphatic rings. The molecule has 2 amide bonds. The number of carboxylic acids is 1. The summed E-state index contributed by atoms with van der Waals surface area (Å²) in [6.07, 6.45) is -3.45. The van der Waals surface area contributed by atoms with Gasteiger partial charge >= 0.3 is 18.2 Å². The molecule has 0 aromatic carbocycles. The molecular weight excluding hydrogens is 329 g/mol. The molecule has 2 rings (SSSR count). The van der Waals surface area contributed by atoms with E-state index in [4.69, 9.17) is 5.11 Å². The molecule has 0 radical (unpaired) electrons. The Hall–Kier alpha value is -2.36. The van der Waals surface area contributed by atoms with Crippen molar-refractivity contribution in [2.24, 2.45) is 0 Å². The quantitative estimate of drug-likeness (QED) is 0.772. The maximum Gasteiger partial charge on any atom is 0.433 e. The Bertz CT molecular complexity index is 601. The van der Waals surface area contributed by atoms with Gasteiger partial charge in [0.05, 0.1) is 6.54 Å². The van der Waals surface area contributed by atoms with Crippen molar-refractivity contribution in [3.8, 4) is 0 Å². The number of piperidine rings is 1. The van der Waals surface area contributed by atoms with Gasteiger partial charge in [-0.05, 0) is 25.0 Å². The molecule has 1 aromatic heterocycles. The number of aliphatic carboxylic acids is 1. The minimum absolute atomic E-state index is 0.0485. The molecule has 24 heavy (non-hydrogen) atoms. The van der Waals surface area contributed by atoms with Crippen molar-refractivity contribution >= 4 is 17.8 Å². The van der Waals surface area contributed by atoms with Gasteiger partial charge in [-0.2, -0.15) is 13.2 Å². The normalized spacial score (nSPS) is 16.6. The molecule has 0 bridgehead atoms. The average molecular weight is 346 g/mol. The van der Waals surface area contributed by atoms with Crippen LogP contribution in [0.15, 0.2) is 18.2 Å². The topological polar surface area (TPSA) is 94.6 Å². The summed E-state index contributed by atoms with van der Waals surface area (Å²) in [7, 11) is 0. The van der Waals surface area contributed by atoms with Crippen LogP contribution in [0.3, 0.4) is 0 Å². The zero-order valence-corrected chi connectivity index (χ0v) is 12.6. The Balaban J connectivity index is 1.83. The van der Waals surface area contributed by atoms with Gasteiger partial charge in [-0.25, -0.2) is 9.78 Å². The highest BCUT2D eigenvalue weighted by Gasteiger charge is 2.32. The van der Waals surface area contributed by atoms with E-state index in [0.29, 0.717) is 25.9 Å². The molecule has 1 aliphatic heterocycles. The fourth-order valence-corrected chi connectivity index (χ4v) is 2.43. The zero-order chi connectivity index (χ0) is 17.7. The fourth-order valence-electron chi connectivity index (χ4n) is 2.43. The van der Waals surface area contributed by atoms with Gasteiger partial charge in [-0.15, -0.1) is 0 Å². The Kier molecular flexibility index (Phi) is 5.60. The second-order valence-electron chi connectivity index (χ2n) is 5.45. The van der Waals surface area contributed by atoms with E-state index in [9.17, 15) is 22.8 Å².